The Hall–Kier alpha value is -0.460. The molecule has 2 unspecified atom stereocenters. The topological polar surface area (TPSA) is 9.23 Å². The van der Waals surface area contributed by atoms with Crippen molar-refractivity contribution >= 4 is 0 Å². The summed E-state index contributed by atoms with van der Waals surface area (Å²) in [5.41, 5.74) is 0. The van der Waals surface area contributed by atoms with Crippen molar-refractivity contribution in [1.29, 1.82) is 0 Å². The minimum absolute atomic E-state index is 0.890. The summed E-state index contributed by atoms with van der Waals surface area (Å²) in [7, 11) is 1.76. The molecule has 2 atom stereocenters. The summed E-state index contributed by atoms with van der Waals surface area (Å²) in [6.07, 6.45) is 6.02. The Morgan fingerprint density at radius 2 is 2.27 bits per heavy atom. The number of hydrogen-bond donors (Lipinski definition) is 0. The van der Waals surface area contributed by atoms with Gasteiger partial charge in [0.1, 0.15) is 0 Å². The second kappa shape index (κ2) is 3.80. The molecule has 0 aliphatic heterocycles. The molecule has 1 nitrogen and oxygen atoms in total. The van der Waals surface area contributed by atoms with E-state index in [0.717, 1.165) is 24.0 Å². The molecular formula is C10H18O. The van der Waals surface area contributed by atoms with Gasteiger partial charge in [-0.3, -0.25) is 0 Å². The Balaban J connectivity index is 2.29. The number of ether oxygens (including phenoxy) is 1. The van der Waals surface area contributed by atoms with Gasteiger partial charge in [0.25, 0.3) is 0 Å². The van der Waals surface area contributed by atoms with Crippen LogP contribution in [-0.2, 0) is 4.74 Å². The number of rotatable bonds is 3. The third-order valence-electron chi connectivity index (χ3n) is 2.85. The van der Waals surface area contributed by atoms with Crippen molar-refractivity contribution in [3.63, 3.8) is 0 Å². The van der Waals surface area contributed by atoms with Crippen LogP contribution in [0.4, 0.5) is 0 Å². The second-order valence-electron chi connectivity index (χ2n) is 3.48. The fourth-order valence-corrected chi connectivity index (χ4v) is 1.62. The molecule has 64 valence electrons. The van der Waals surface area contributed by atoms with Crippen LogP contribution in [0.1, 0.15) is 33.1 Å². The number of allylic oxidation sites excluding steroid dienone is 2. The van der Waals surface area contributed by atoms with Crippen LogP contribution in [0.2, 0.25) is 0 Å². The Morgan fingerprint density at radius 1 is 1.55 bits per heavy atom. The SMILES string of the molecule is CC=C(CC1CCC1C)OC. The average Bonchev–Trinajstić information content (AvgIpc) is 2.04. The van der Waals surface area contributed by atoms with Crippen molar-refractivity contribution in [2.75, 3.05) is 7.11 Å². The first-order chi connectivity index (χ1) is 5.27. The van der Waals surface area contributed by atoms with E-state index in [0.29, 0.717) is 0 Å². The van der Waals surface area contributed by atoms with E-state index >= 15 is 0 Å². The van der Waals surface area contributed by atoms with E-state index in [1.807, 2.05) is 6.92 Å². The normalized spacial score (nSPS) is 31.4. The number of hydrogen-bond acceptors (Lipinski definition) is 1. The molecule has 1 aliphatic carbocycles. The van der Waals surface area contributed by atoms with Gasteiger partial charge in [0, 0.05) is 6.42 Å². The smallest absolute Gasteiger partial charge is 0.0915 e. The lowest BCUT2D eigenvalue weighted by Crippen LogP contribution is -2.23. The van der Waals surface area contributed by atoms with E-state index in [1.165, 1.54) is 12.8 Å². The van der Waals surface area contributed by atoms with Crippen LogP contribution >= 0.6 is 0 Å². The molecule has 1 saturated carbocycles. The zero-order valence-corrected chi connectivity index (χ0v) is 7.76. The maximum Gasteiger partial charge on any atom is 0.0915 e. The van der Waals surface area contributed by atoms with Gasteiger partial charge < -0.3 is 4.74 Å². The molecule has 11 heavy (non-hydrogen) atoms. The van der Waals surface area contributed by atoms with Gasteiger partial charge in [0.05, 0.1) is 12.9 Å². The van der Waals surface area contributed by atoms with Crippen LogP contribution in [0.3, 0.4) is 0 Å². The van der Waals surface area contributed by atoms with Gasteiger partial charge in [-0.05, 0) is 31.3 Å². The average molecular weight is 154 g/mol. The fourth-order valence-electron chi connectivity index (χ4n) is 1.62. The molecule has 0 N–H and O–H groups in total. The van der Waals surface area contributed by atoms with Crippen LogP contribution in [0, 0.1) is 11.8 Å². The zero-order chi connectivity index (χ0) is 8.27. The molecule has 1 fully saturated rings. The molecule has 0 heterocycles. The van der Waals surface area contributed by atoms with E-state index in [2.05, 4.69) is 13.0 Å². The Labute approximate surface area is 69.4 Å². The van der Waals surface area contributed by atoms with Crippen molar-refractivity contribution in [3.8, 4) is 0 Å². The predicted octanol–water partition coefficient (Wildman–Crippen LogP) is 2.97. The van der Waals surface area contributed by atoms with Crippen LogP contribution in [0.5, 0.6) is 0 Å². The second-order valence-corrected chi connectivity index (χ2v) is 3.48. The highest BCUT2D eigenvalue weighted by Crippen LogP contribution is 2.37. The molecule has 1 rings (SSSR count). The van der Waals surface area contributed by atoms with E-state index < -0.39 is 0 Å². The first kappa shape index (κ1) is 8.63. The highest BCUT2D eigenvalue weighted by molar-refractivity contribution is 4.95. The zero-order valence-electron chi connectivity index (χ0n) is 7.76. The van der Waals surface area contributed by atoms with Crippen LogP contribution in [0.15, 0.2) is 11.8 Å². The minimum atomic E-state index is 0.890. The van der Waals surface area contributed by atoms with Crippen molar-refractivity contribution in [2.24, 2.45) is 11.8 Å². The maximum atomic E-state index is 5.22. The Bertz CT molecular complexity index is 149. The van der Waals surface area contributed by atoms with E-state index in [1.54, 1.807) is 7.11 Å². The first-order valence-electron chi connectivity index (χ1n) is 4.47. The highest BCUT2D eigenvalue weighted by atomic mass is 16.5. The monoisotopic (exact) mass is 154 g/mol. The Kier molecular flexibility index (Phi) is 2.98. The van der Waals surface area contributed by atoms with Crippen LogP contribution in [0.25, 0.3) is 0 Å². The maximum absolute atomic E-state index is 5.22. The fraction of sp³-hybridized carbons (Fsp3) is 0.800. The summed E-state index contributed by atoms with van der Waals surface area (Å²) in [5.74, 6) is 2.96. The van der Waals surface area contributed by atoms with Gasteiger partial charge in [-0.1, -0.05) is 13.3 Å². The lowest BCUT2D eigenvalue weighted by Gasteiger charge is -2.34. The summed E-state index contributed by atoms with van der Waals surface area (Å²) >= 11 is 0. The van der Waals surface area contributed by atoms with Crippen molar-refractivity contribution < 1.29 is 4.74 Å². The van der Waals surface area contributed by atoms with Gasteiger partial charge in [-0.15, -0.1) is 0 Å². The number of methoxy groups -OCH3 is 1. The van der Waals surface area contributed by atoms with Gasteiger partial charge >= 0.3 is 0 Å². The van der Waals surface area contributed by atoms with Gasteiger partial charge in [0.2, 0.25) is 0 Å². The van der Waals surface area contributed by atoms with Gasteiger partial charge in [0.15, 0.2) is 0 Å². The molecule has 0 radical (unpaired) electrons. The summed E-state index contributed by atoms with van der Waals surface area (Å²) in [6.45, 7) is 4.37. The largest absolute Gasteiger partial charge is 0.501 e. The summed E-state index contributed by atoms with van der Waals surface area (Å²) < 4.78 is 5.22. The molecule has 1 heteroatoms. The van der Waals surface area contributed by atoms with Crippen molar-refractivity contribution in [1.82, 2.24) is 0 Å². The quantitative estimate of drug-likeness (QED) is 0.568. The minimum Gasteiger partial charge on any atom is -0.501 e. The molecule has 0 bridgehead atoms. The standard InChI is InChI=1S/C10H18O/c1-4-10(11-3)7-9-6-5-8(9)2/h4,8-9H,5-7H2,1-3H3. The lowest BCUT2D eigenvalue weighted by molar-refractivity contribution is 0.160. The van der Waals surface area contributed by atoms with E-state index in [9.17, 15) is 0 Å². The molecule has 0 aromatic rings. The van der Waals surface area contributed by atoms with Crippen LogP contribution in [-0.4, -0.2) is 7.11 Å². The summed E-state index contributed by atoms with van der Waals surface area (Å²) in [6, 6.07) is 0. The summed E-state index contributed by atoms with van der Waals surface area (Å²) in [4.78, 5) is 0. The molecule has 0 amide bonds. The Morgan fingerprint density at radius 3 is 2.55 bits per heavy atom. The van der Waals surface area contributed by atoms with Crippen molar-refractivity contribution in [2.45, 2.75) is 33.1 Å². The molecule has 0 aromatic carbocycles. The third kappa shape index (κ3) is 1.98. The first-order valence-corrected chi connectivity index (χ1v) is 4.47. The van der Waals surface area contributed by atoms with E-state index in [-0.39, 0.29) is 0 Å². The highest BCUT2D eigenvalue weighted by Gasteiger charge is 2.27. The molecule has 0 spiro atoms. The molecule has 0 saturated heterocycles. The summed E-state index contributed by atoms with van der Waals surface area (Å²) in [5, 5.41) is 0. The predicted molar refractivity (Wildman–Crippen MR) is 47.3 cm³/mol. The third-order valence-corrected chi connectivity index (χ3v) is 2.85. The van der Waals surface area contributed by atoms with Crippen LogP contribution < -0.4 is 0 Å². The molecule has 0 aromatic heterocycles. The lowest BCUT2D eigenvalue weighted by atomic mass is 9.73. The van der Waals surface area contributed by atoms with E-state index in [4.69, 9.17) is 4.74 Å². The van der Waals surface area contributed by atoms with Crippen molar-refractivity contribution in [3.05, 3.63) is 11.8 Å². The van der Waals surface area contributed by atoms with Gasteiger partial charge in [-0.25, -0.2) is 0 Å². The molecular weight excluding hydrogens is 136 g/mol. The van der Waals surface area contributed by atoms with Gasteiger partial charge in [-0.2, -0.15) is 0 Å². The molecule has 1 aliphatic rings.